The molecule has 3 nitrogen and oxygen atoms in total. The van der Waals surface area contributed by atoms with Crippen LogP contribution in [0.25, 0.3) is 0 Å². The molecule has 1 aromatic carbocycles. The molecule has 1 aromatic rings. The van der Waals surface area contributed by atoms with Crippen LogP contribution in [0.5, 0.6) is 0 Å². The molecule has 6 heteroatoms. The fourth-order valence-corrected chi connectivity index (χ4v) is 1.76. The molecular weight excluding hydrogens is 305 g/mol. The van der Waals surface area contributed by atoms with Gasteiger partial charge >= 0.3 is 0 Å². The van der Waals surface area contributed by atoms with Gasteiger partial charge in [0.05, 0.1) is 0 Å². The van der Waals surface area contributed by atoms with Crippen molar-refractivity contribution in [2.75, 3.05) is 26.6 Å². The molecule has 0 bridgehead atoms. The third-order valence-electron chi connectivity index (χ3n) is 3.01. The van der Waals surface area contributed by atoms with Crippen molar-refractivity contribution >= 4 is 5.91 Å². The number of hydrogen-bond donors (Lipinski definition) is 1. The van der Waals surface area contributed by atoms with E-state index in [9.17, 15) is 18.0 Å². The summed E-state index contributed by atoms with van der Waals surface area (Å²) in [6.07, 6.45) is 3.04. The molecule has 0 saturated carbocycles. The molecule has 1 aliphatic heterocycles. The summed E-state index contributed by atoms with van der Waals surface area (Å²) in [4.78, 5) is 13.8. The maximum atomic E-state index is 12.6. The van der Waals surface area contributed by atoms with Crippen molar-refractivity contribution < 1.29 is 18.0 Å². The average Bonchev–Trinajstić information content (AvgIpc) is 2.47. The van der Waals surface area contributed by atoms with Gasteiger partial charge in [0.2, 0.25) is 12.8 Å². The van der Waals surface area contributed by atoms with E-state index in [2.05, 4.69) is 24.1 Å². The van der Waals surface area contributed by atoms with Crippen LogP contribution in [0.4, 0.5) is 13.2 Å². The summed E-state index contributed by atoms with van der Waals surface area (Å²) in [5.74, 6) is -0.195. The van der Waals surface area contributed by atoms with Crippen LogP contribution in [-0.2, 0) is 11.3 Å². The second-order valence-electron chi connectivity index (χ2n) is 5.16. The molecule has 23 heavy (non-hydrogen) atoms. The number of carbonyl (C=O) groups excluding carboxylic acids is 1. The Labute approximate surface area is 136 Å². The van der Waals surface area contributed by atoms with Gasteiger partial charge in [-0.15, -0.1) is 0 Å². The molecule has 0 radical (unpaired) electrons. The number of halogens is 3. The summed E-state index contributed by atoms with van der Waals surface area (Å²) in [6, 6.07) is 6.18. The SMILES string of the molecule is CCC.FCF.O=C(CCN1CCC1)NCc1ccc(F)cc1. The Kier molecular flexibility index (Phi) is 13.1. The summed E-state index contributed by atoms with van der Waals surface area (Å²) >= 11 is 0. The molecule has 0 atom stereocenters. The van der Waals surface area contributed by atoms with Crippen LogP contribution in [-0.4, -0.2) is 37.4 Å². The van der Waals surface area contributed by atoms with Crippen molar-refractivity contribution in [1.82, 2.24) is 10.2 Å². The van der Waals surface area contributed by atoms with Crippen molar-refractivity contribution in [3.8, 4) is 0 Å². The molecule has 1 saturated heterocycles. The Bertz CT molecular complexity index is 407. The van der Waals surface area contributed by atoms with Gasteiger partial charge in [0, 0.05) is 19.5 Å². The zero-order valence-corrected chi connectivity index (χ0v) is 14.0. The predicted octanol–water partition coefficient (Wildman–Crippen LogP) is 3.84. The summed E-state index contributed by atoms with van der Waals surface area (Å²) in [5.41, 5.74) is 0.920. The van der Waals surface area contributed by atoms with Gasteiger partial charge in [0.15, 0.2) is 0 Å². The van der Waals surface area contributed by atoms with Gasteiger partial charge in [-0.3, -0.25) is 4.79 Å². The first-order valence-corrected chi connectivity index (χ1v) is 7.92. The van der Waals surface area contributed by atoms with E-state index in [1.807, 2.05) is 0 Å². The average molecular weight is 332 g/mol. The molecule has 132 valence electrons. The Balaban J connectivity index is 0.000000704. The fraction of sp³-hybridized carbons (Fsp3) is 0.588. The van der Waals surface area contributed by atoms with E-state index in [4.69, 9.17) is 0 Å². The first-order chi connectivity index (χ1) is 11.1. The highest BCUT2D eigenvalue weighted by atomic mass is 19.3. The minimum Gasteiger partial charge on any atom is -0.352 e. The lowest BCUT2D eigenvalue weighted by atomic mass is 10.2. The number of likely N-dealkylation sites (tertiary alicyclic amines) is 1. The highest BCUT2D eigenvalue weighted by molar-refractivity contribution is 5.76. The van der Waals surface area contributed by atoms with Crippen LogP contribution < -0.4 is 5.32 Å². The van der Waals surface area contributed by atoms with Gasteiger partial charge in [-0.25, -0.2) is 13.2 Å². The number of nitrogens with zero attached hydrogens (tertiary/aromatic N) is 1. The number of alkyl halides is 2. The van der Waals surface area contributed by atoms with E-state index in [0.717, 1.165) is 25.2 Å². The van der Waals surface area contributed by atoms with Crippen molar-refractivity contribution in [3.63, 3.8) is 0 Å². The largest absolute Gasteiger partial charge is 0.352 e. The van der Waals surface area contributed by atoms with Crippen LogP contribution in [0, 0.1) is 5.82 Å². The van der Waals surface area contributed by atoms with E-state index in [-0.39, 0.29) is 11.7 Å². The lowest BCUT2D eigenvalue weighted by Crippen LogP contribution is -2.39. The Hall–Kier alpha value is -1.56. The fourth-order valence-electron chi connectivity index (χ4n) is 1.76. The van der Waals surface area contributed by atoms with Crippen molar-refractivity contribution in [3.05, 3.63) is 35.6 Å². The normalized spacial score (nSPS) is 12.9. The maximum Gasteiger partial charge on any atom is 0.229 e. The van der Waals surface area contributed by atoms with E-state index >= 15 is 0 Å². The Morgan fingerprint density at radius 1 is 1.17 bits per heavy atom. The first-order valence-electron chi connectivity index (χ1n) is 7.92. The molecule has 1 aliphatic rings. The predicted molar refractivity (Wildman–Crippen MR) is 87.0 cm³/mol. The standard InChI is InChI=1S/C13H17FN2O.C3H8.CH2F2/c14-12-4-2-11(3-5-12)10-15-13(17)6-9-16-7-1-8-16;1-3-2;2-1-3/h2-5H,1,6-10H2,(H,15,17);3H2,1-2H3;1H2. The molecule has 0 aliphatic carbocycles. The molecule has 2 rings (SSSR count). The zero-order valence-electron chi connectivity index (χ0n) is 14.0. The van der Waals surface area contributed by atoms with Crippen LogP contribution in [0.2, 0.25) is 0 Å². The van der Waals surface area contributed by atoms with Crippen molar-refractivity contribution in [2.45, 2.75) is 39.7 Å². The molecule has 1 heterocycles. The highest BCUT2D eigenvalue weighted by Gasteiger charge is 2.14. The third-order valence-corrected chi connectivity index (χ3v) is 3.01. The molecule has 1 amide bonds. The van der Waals surface area contributed by atoms with E-state index in [1.165, 1.54) is 25.0 Å². The second kappa shape index (κ2) is 14.1. The highest BCUT2D eigenvalue weighted by Crippen LogP contribution is 2.06. The lowest BCUT2D eigenvalue weighted by molar-refractivity contribution is -0.121. The van der Waals surface area contributed by atoms with Crippen molar-refractivity contribution in [2.24, 2.45) is 0 Å². The first kappa shape index (κ1) is 21.4. The van der Waals surface area contributed by atoms with Crippen LogP contribution in [0.15, 0.2) is 24.3 Å². The van der Waals surface area contributed by atoms with Crippen LogP contribution >= 0.6 is 0 Å². The molecule has 1 N–H and O–H groups in total. The van der Waals surface area contributed by atoms with Crippen LogP contribution in [0.1, 0.15) is 38.7 Å². The van der Waals surface area contributed by atoms with E-state index in [0.29, 0.717) is 13.0 Å². The summed E-state index contributed by atoms with van der Waals surface area (Å²) in [7, 11) is 0. The Morgan fingerprint density at radius 3 is 2.13 bits per heavy atom. The number of benzene rings is 1. The molecule has 0 unspecified atom stereocenters. The van der Waals surface area contributed by atoms with Gasteiger partial charge in [0.25, 0.3) is 0 Å². The monoisotopic (exact) mass is 332 g/mol. The van der Waals surface area contributed by atoms with Gasteiger partial charge in [-0.1, -0.05) is 32.4 Å². The van der Waals surface area contributed by atoms with Gasteiger partial charge in [-0.05, 0) is 37.2 Å². The summed E-state index contributed by atoms with van der Waals surface area (Å²) in [5, 5.41) is 2.83. The summed E-state index contributed by atoms with van der Waals surface area (Å²) < 4.78 is 31.9. The second-order valence-corrected chi connectivity index (χ2v) is 5.16. The van der Waals surface area contributed by atoms with Gasteiger partial charge in [0.1, 0.15) is 5.82 Å². The topological polar surface area (TPSA) is 32.3 Å². The number of carbonyl (C=O) groups is 1. The third kappa shape index (κ3) is 11.6. The smallest absolute Gasteiger partial charge is 0.229 e. The van der Waals surface area contributed by atoms with Gasteiger partial charge in [-0.2, -0.15) is 0 Å². The van der Waals surface area contributed by atoms with Gasteiger partial charge < -0.3 is 10.2 Å². The Morgan fingerprint density at radius 2 is 1.70 bits per heavy atom. The minimum atomic E-state index is -1.75. The number of rotatable bonds is 5. The zero-order chi connectivity index (χ0) is 17.5. The summed E-state index contributed by atoms with van der Waals surface area (Å²) in [6.45, 7) is 6.05. The molecular formula is C17H27F3N2O. The minimum absolute atomic E-state index is 0.0567. The molecule has 0 aromatic heterocycles. The quantitative estimate of drug-likeness (QED) is 0.888. The van der Waals surface area contributed by atoms with E-state index in [1.54, 1.807) is 12.1 Å². The van der Waals surface area contributed by atoms with E-state index < -0.39 is 6.93 Å². The van der Waals surface area contributed by atoms with Crippen molar-refractivity contribution in [1.29, 1.82) is 0 Å². The molecule has 1 fully saturated rings. The molecule has 0 spiro atoms. The van der Waals surface area contributed by atoms with Crippen LogP contribution in [0.3, 0.4) is 0 Å². The number of amides is 1. The number of hydrogen-bond acceptors (Lipinski definition) is 2. The lowest BCUT2D eigenvalue weighted by Gasteiger charge is -2.30. The number of nitrogens with one attached hydrogen (secondary N) is 1. The maximum absolute atomic E-state index is 12.6.